The van der Waals surface area contributed by atoms with Crippen molar-refractivity contribution in [3.63, 3.8) is 0 Å². The number of nitrogens with zero attached hydrogens (tertiary/aromatic N) is 3. The quantitative estimate of drug-likeness (QED) is 0.744. The van der Waals surface area contributed by atoms with Crippen LogP contribution in [0.3, 0.4) is 0 Å². The number of halogens is 1. The minimum atomic E-state index is -3.44. The normalized spacial score (nSPS) is 11.9. The highest BCUT2D eigenvalue weighted by molar-refractivity contribution is 7.89. The highest BCUT2D eigenvalue weighted by Crippen LogP contribution is 2.06. The molecule has 2 rings (SSSR count). The van der Waals surface area contributed by atoms with Crippen molar-refractivity contribution in [3.8, 4) is 0 Å². The third-order valence-corrected chi connectivity index (χ3v) is 3.04. The van der Waals surface area contributed by atoms with E-state index in [1.54, 1.807) is 0 Å². The number of sulfonamides is 1. The first-order valence-corrected chi connectivity index (χ1v) is 6.92. The number of nitrogens with one attached hydrogen (secondary N) is 1. The molecule has 7 nitrogen and oxygen atoms in total. The molecule has 0 fully saturated rings. The molecule has 0 amide bonds. The first-order chi connectivity index (χ1) is 8.44. The maximum atomic E-state index is 12.9. The van der Waals surface area contributed by atoms with Crippen molar-refractivity contribution in [3.05, 3.63) is 24.1 Å². The smallest absolute Gasteiger partial charge is 0.243 e. The van der Waals surface area contributed by atoms with E-state index < -0.39 is 15.8 Å². The van der Waals surface area contributed by atoms with Gasteiger partial charge in [-0.15, -0.1) is 5.10 Å². The Morgan fingerprint density at radius 2 is 2.22 bits per heavy atom. The van der Waals surface area contributed by atoms with E-state index in [4.69, 9.17) is 5.14 Å². The summed E-state index contributed by atoms with van der Waals surface area (Å²) in [6.45, 7) is 0.371. The summed E-state index contributed by atoms with van der Waals surface area (Å²) < 4.78 is 35.6. The van der Waals surface area contributed by atoms with Crippen LogP contribution in [0, 0.1) is 5.82 Å². The van der Waals surface area contributed by atoms with Gasteiger partial charge in [0.05, 0.1) is 11.9 Å². The van der Waals surface area contributed by atoms with Crippen LogP contribution in [0.25, 0.3) is 5.65 Å². The number of hydrogen-bond acceptors (Lipinski definition) is 5. The van der Waals surface area contributed by atoms with Crippen molar-refractivity contribution >= 4 is 21.6 Å². The third-order valence-electron chi connectivity index (χ3n) is 2.18. The Morgan fingerprint density at radius 1 is 1.44 bits per heavy atom. The highest BCUT2D eigenvalue weighted by Gasteiger charge is 2.05. The molecule has 18 heavy (non-hydrogen) atoms. The van der Waals surface area contributed by atoms with Crippen LogP contribution in [0.4, 0.5) is 10.3 Å². The molecule has 0 atom stereocenters. The van der Waals surface area contributed by atoms with Crippen LogP contribution in [-0.2, 0) is 10.0 Å². The van der Waals surface area contributed by atoms with E-state index in [1.165, 1.54) is 22.8 Å². The first-order valence-electron chi connectivity index (χ1n) is 5.20. The summed E-state index contributed by atoms with van der Waals surface area (Å²) in [6, 6.07) is 2.78. The number of primary sulfonamides is 1. The molecule has 3 N–H and O–H groups in total. The average molecular weight is 273 g/mol. The Hall–Kier alpha value is -1.74. The average Bonchev–Trinajstić information content (AvgIpc) is 2.65. The second-order valence-electron chi connectivity index (χ2n) is 3.73. The van der Waals surface area contributed by atoms with Crippen molar-refractivity contribution in [2.75, 3.05) is 17.6 Å². The van der Waals surface area contributed by atoms with E-state index in [9.17, 15) is 12.8 Å². The fourth-order valence-electron chi connectivity index (χ4n) is 1.41. The van der Waals surface area contributed by atoms with Crippen molar-refractivity contribution in [2.45, 2.75) is 6.42 Å². The van der Waals surface area contributed by atoms with E-state index in [1.807, 2.05) is 0 Å². The van der Waals surface area contributed by atoms with Gasteiger partial charge in [0.15, 0.2) is 5.65 Å². The van der Waals surface area contributed by atoms with E-state index in [0.29, 0.717) is 24.6 Å². The van der Waals surface area contributed by atoms with Gasteiger partial charge in [-0.1, -0.05) is 0 Å². The lowest BCUT2D eigenvalue weighted by Crippen LogP contribution is -2.18. The van der Waals surface area contributed by atoms with Gasteiger partial charge in [-0.25, -0.2) is 22.5 Å². The van der Waals surface area contributed by atoms with Crippen LogP contribution < -0.4 is 10.5 Å². The summed E-state index contributed by atoms with van der Waals surface area (Å²) in [5.74, 6) is -0.203. The lowest BCUT2D eigenvalue weighted by Gasteiger charge is -1.99. The molecule has 0 aromatic carbocycles. The summed E-state index contributed by atoms with van der Waals surface area (Å²) in [4.78, 5) is 4.08. The number of nitrogens with two attached hydrogens (primary N) is 1. The van der Waals surface area contributed by atoms with Crippen molar-refractivity contribution < 1.29 is 12.8 Å². The molecule has 98 valence electrons. The third kappa shape index (κ3) is 3.37. The summed E-state index contributed by atoms with van der Waals surface area (Å²) in [5.41, 5.74) is 0.505. The Morgan fingerprint density at radius 3 is 2.94 bits per heavy atom. The van der Waals surface area contributed by atoms with Crippen LogP contribution in [0.2, 0.25) is 0 Å². The SMILES string of the molecule is NS(=O)(=O)CCCNc1nc2ccc(F)cn2n1. The molecule has 0 saturated carbocycles. The van der Waals surface area contributed by atoms with Crippen molar-refractivity contribution in [1.29, 1.82) is 0 Å². The molecule has 2 heterocycles. The molecule has 9 heteroatoms. The number of fused-ring (bicyclic) bond motifs is 1. The van der Waals surface area contributed by atoms with Gasteiger partial charge in [0, 0.05) is 6.54 Å². The number of anilines is 1. The lowest BCUT2D eigenvalue weighted by molar-refractivity contribution is 0.595. The van der Waals surface area contributed by atoms with Crippen LogP contribution in [-0.4, -0.2) is 35.3 Å². The molecule has 0 aliphatic carbocycles. The topological polar surface area (TPSA) is 102 Å². The molecule has 0 aliphatic heterocycles. The zero-order chi connectivity index (χ0) is 13.2. The van der Waals surface area contributed by atoms with Gasteiger partial charge in [-0.3, -0.25) is 0 Å². The molecule has 2 aromatic heterocycles. The van der Waals surface area contributed by atoms with Crippen LogP contribution >= 0.6 is 0 Å². The number of aromatic nitrogens is 3. The number of rotatable bonds is 5. The van der Waals surface area contributed by atoms with Crippen molar-refractivity contribution in [2.24, 2.45) is 5.14 Å². The molecule has 0 bridgehead atoms. The van der Waals surface area contributed by atoms with E-state index in [2.05, 4.69) is 15.4 Å². The molecule has 0 radical (unpaired) electrons. The van der Waals surface area contributed by atoms with Crippen molar-refractivity contribution in [1.82, 2.24) is 14.6 Å². The maximum Gasteiger partial charge on any atom is 0.243 e. The summed E-state index contributed by atoms with van der Waals surface area (Å²) in [6.07, 6.45) is 1.56. The van der Waals surface area contributed by atoms with E-state index in [0.717, 1.165) is 0 Å². The van der Waals surface area contributed by atoms with E-state index in [-0.39, 0.29) is 5.75 Å². The van der Waals surface area contributed by atoms with Gasteiger partial charge >= 0.3 is 0 Å². The maximum absolute atomic E-state index is 12.9. The van der Waals surface area contributed by atoms with Crippen LogP contribution in [0.15, 0.2) is 18.3 Å². The Labute approximate surface area is 103 Å². The molecule has 0 spiro atoms. The number of pyridine rings is 1. The summed E-state index contributed by atoms with van der Waals surface area (Å²) in [5, 5.41) is 11.7. The minimum Gasteiger partial charge on any atom is -0.353 e. The standard InChI is InChI=1S/C9H12FN5O2S/c10-7-2-3-8-13-9(14-15(8)6-7)12-4-1-5-18(11,16)17/h2-3,6H,1,4-5H2,(H,12,14)(H2,11,16,17). The molecule has 0 unspecified atom stereocenters. The second kappa shape index (κ2) is 4.86. The molecular weight excluding hydrogens is 261 g/mol. The number of hydrogen-bond donors (Lipinski definition) is 2. The molecule has 0 aliphatic rings. The van der Waals surface area contributed by atoms with Gasteiger partial charge in [-0.2, -0.15) is 4.98 Å². The predicted molar refractivity (Wildman–Crippen MR) is 64.0 cm³/mol. The summed E-state index contributed by atoms with van der Waals surface area (Å²) in [7, 11) is -3.44. The van der Waals surface area contributed by atoms with Gasteiger partial charge in [0.25, 0.3) is 0 Å². The van der Waals surface area contributed by atoms with Gasteiger partial charge in [0.1, 0.15) is 5.82 Å². The van der Waals surface area contributed by atoms with Crippen LogP contribution in [0.1, 0.15) is 6.42 Å². The van der Waals surface area contributed by atoms with Gasteiger partial charge in [-0.05, 0) is 18.6 Å². The fraction of sp³-hybridized carbons (Fsp3) is 0.333. The lowest BCUT2D eigenvalue weighted by atomic mass is 10.5. The highest BCUT2D eigenvalue weighted by atomic mass is 32.2. The molecule has 0 saturated heterocycles. The second-order valence-corrected chi connectivity index (χ2v) is 5.47. The summed E-state index contributed by atoms with van der Waals surface area (Å²) >= 11 is 0. The minimum absolute atomic E-state index is 0.109. The first kappa shape index (κ1) is 12.7. The zero-order valence-corrected chi connectivity index (χ0v) is 10.2. The fourth-order valence-corrected chi connectivity index (χ4v) is 1.95. The van der Waals surface area contributed by atoms with Crippen LogP contribution in [0.5, 0.6) is 0 Å². The Balaban J connectivity index is 1.96. The monoisotopic (exact) mass is 273 g/mol. The van der Waals surface area contributed by atoms with Gasteiger partial charge in [0.2, 0.25) is 16.0 Å². The van der Waals surface area contributed by atoms with E-state index >= 15 is 0 Å². The molecule has 2 aromatic rings. The molecular formula is C9H12FN5O2S. The Bertz CT molecular complexity index is 654. The zero-order valence-electron chi connectivity index (χ0n) is 9.38. The van der Waals surface area contributed by atoms with Gasteiger partial charge < -0.3 is 5.32 Å². The Kier molecular flexibility index (Phi) is 3.43. The predicted octanol–water partition coefficient (Wildman–Crippen LogP) is -0.0411. The largest absolute Gasteiger partial charge is 0.353 e.